The van der Waals surface area contributed by atoms with Crippen LogP contribution in [0.4, 0.5) is 0 Å². The van der Waals surface area contributed by atoms with Crippen LogP contribution >= 0.6 is 0 Å². The van der Waals surface area contributed by atoms with Gasteiger partial charge in [-0.1, -0.05) is 18.2 Å². The van der Waals surface area contributed by atoms with Gasteiger partial charge in [0.25, 0.3) is 0 Å². The Kier molecular flexibility index (Phi) is 2.92. The van der Waals surface area contributed by atoms with E-state index < -0.39 is 0 Å². The number of hydrogen-bond donors (Lipinski definition) is 2. The van der Waals surface area contributed by atoms with E-state index in [-0.39, 0.29) is 5.91 Å². The number of para-hydroxylation sites is 1. The normalized spacial score (nSPS) is 10.8. The van der Waals surface area contributed by atoms with Crippen LogP contribution in [0.15, 0.2) is 30.5 Å². The minimum atomic E-state index is -0.285. The Hall–Kier alpha value is -1.81. The molecule has 0 atom stereocenters. The summed E-state index contributed by atoms with van der Waals surface area (Å²) < 4.78 is 2.03. The first-order chi connectivity index (χ1) is 7.72. The third-order valence-electron chi connectivity index (χ3n) is 2.69. The summed E-state index contributed by atoms with van der Waals surface area (Å²) in [6, 6.07) is 8.02. The summed E-state index contributed by atoms with van der Waals surface area (Å²) in [6.07, 6.45) is 2.34. The minimum absolute atomic E-state index is 0.285. The lowest BCUT2D eigenvalue weighted by Crippen LogP contribution is -2.13. The Labute approximate surface area is 93.8 Å². The van der Waals surface area contributed by atoms with Gasteiger partial charge in [0, 0.05) is 36.6 Å². The molecular weight excluding hydrogens is 202 g/mol. The number of fused-ring (bicyclic) bond motifs is 1. The highest BCUT2D eigenvalue weighted by atomic mass is 16.1. The maximum Gasteiger partial charge on any atom is 0.219 e. The van der Waals surface area contributed by atoms with E-state index in [4.69, 9.17) is 11.5 Å². The average Bonchev–Trinajstić information content (AvgIpc) is 2.65. The topological polar surface area (TPSA) is 74.0 Å². The highest BCUT2D eigenvalue weighted by molar-refractivity contribution is 5.84. The van der Waals surface area contributed by atoms with E-state index in [1.54, 1.807) is 0 Å². The molecule has 0 aliphatic carbocycles. The third kappa shape index (κ3) is 1.92. The maximum atomic E-state index is 10.8. The van der Waals surface area contributed by atoms with E-state index in [1.807, 2.05) is 35.0 Å². The standard InChI is InChI=1S/C12H15N3O/c13-7-9-8-15(6-5-12(14)16)11-4-2-1-3-10(9)11/h1-4,8H,5-7,13H2,(H2,14,16). The molecule has 0 fully saturated rings. The number of aromatic nitrogens is 1. The maximum absolute atomic E-state index is 10.8. The van der Waals surface area contributed by atoms with Gasteiger partial charge in [0.2, 0.25) is 5.91 Å². The zero-order valence-corrected chi connectivity index (χ0v) is 9.02. The molecule has 2 aromatic rings. The zero-order valence-electron chi connectivity index (χ0n) is 9.02. The molecule has 0 unspecified atom stereocenters. The van der Waals surface area contributed by atoms with E-state index in [1.165, 1.54) is 0 Å². The molecular formula is C12H15N3O. The van der Waals surface area contributed by atoms with Gasteiger partial charge in [-0.3, -0.25) is 4.79 Å². The fraction of sp³-hybridized carbons (Fsp3) is 0.250. The van der Waals surface area contributed by atoms with Gasteiger partial charge in [0.1, 0.15) is 0 Å². The second-order valence-electron chi connectivity index (χ2n) is 3.79. The number of amides is 1. The van der Waals surface area contributed by atoms with Crippen molar-refractivity contribution in [2.75, 3.05) is 0 Å². The van der Waals surface area contributed by atoms with Crippen LogP contribution in [-0.4, -0.2) is 10.5 Å². The SMILES string of the molecule is NCc1cn(CCC(N)=O)c2ccccc12. The molecule has 0 aliphatic heterocycles. The number of primary amides is 1. The van der Waals surface area contributed by atoms with E-state index in [2.05, 4.69) is 0 Å². The van der Waals surface area contributed by atoms with Crippen LogP contribution in [0.1, 0.15) is 12.0 Å². The Morgan fingerprint density at radius 1 is 1.31 bits per heavy atom. The molecule has 16 heavy (non-hydrogen) atoms. The Bertz CT molecular complexity index is 516. The molecule has 84 valence electrons. The van der Waals surface area contributed by atoms with Crippen LogP contribution in [0.3, 0.4) is 0 Å². The van der Waals surface area contributed by atoms with Crippen molar-refractivity contribution in [1.82, 2.24) is 4.57 Å². The second kappa shape index (κ2) is 4.37. The molecule has 4 N–H and O–H groups in total. The van der Waals surface area contributed by atoms with Crippen molar-refractivity contribution >= 4 is 16.8 Å². The van der Waals surface area contributed by atoms with Crippen LogP contribution < -0.4 is 11.5 Å². The first kappa shape index (κ1) is 10.7. The van der Waals surface area contributed by atoms with Crippen LogP contribution in [0.25, 0.3) is 10.9 Å². The molecule has 0 radical (unpaired) electrons. The molecule has 1 heterocycles. The van der Waals surface area contributed by atoms with Gasteiger partial charge < -0.3 is 16.0 Å². The van der Waals surface area contributed by atoms with Crippen molar-refractivity contribution < 1.29 is 4.79 Å². The Balaban J connectivity index is 2.41. The van der Waals surface area contributed by atoms with Gasteiger partial charge >= 0.3 is 0 Å². The molecule has 0 saturated carbocycles. The molecule has 0 spiro atoms. The predicted molar refractivity (Wildman–Crippen MR) is 63.6 cm³/mol. The van der Waals surface area contributed by atoms with Gasteiger partial charge in [0.05, 0.1) is 0 Å². The number of benzene rings is 1. The predicted octanol–water partition coefficient (Wildman–Crippen LogP) is 0.975. The lowest BCUT2D eigenvalue weighted by Gasteiger charge is -2.02. The summed E-state index contributed by atoms with van der Waals surface area (Å²) in [6.45, 7) is 1.11. The zero-order chi connectivity index (χ0) is 11.5. The van der Waals surface area contributed by atoms with Crippen LogP contribution in [-0.2, 0) is 17.9 Å². The highest BCUT2D eigenvalue weighted by Crippen LogP contribution is 2.20. The molecule has 2 rings (SSSR count). The average molecular weight is 217 g/mol. The Morgan fingerprint density at radius 3 is 2.75 bits per heavy atom. The molecule has 0 bridgehead atoms. The molecule has 0 aliphatic rings. The third-order valence-corrected chi connectivity index (χ3v) is 2.69. The number of nitrogens with zero attached hydrogens (tertiary/aromatic N) is 1. The molecule has 4 heteroatoms. The van der Waals surface area contributed by atoms with Crippen molar-refractivity contribution in [2.45, 2.75) is 19.5 Å². The summed E-state index contributed by atoms with van der Waals surface area (Å²) in [7, 11) is 0. The lowest BCUT2D eigenvalue weighted by molar-refractivity contribution is -0.118. The van der Waals surface area contributed by atoms with Gasteiger partial charge in [-0.2, -0.15) is 0 Å². The fourth-order valence-corrected chi connectivity index (χ4v) is 1.90. The fourth-order valence-electron chi connectivity index (χ4n) is 1.90. The van der Waals surface area contributed by atoms with Gasteiger partial charge in [-0.15, -0.1) is 0 Å². The summed E-state index contributed by atoms with van der Waals surface area (Å²) in [5.74, 6) is -0.285. The smallest absolute Gasteiger partial charge is 0.219 e. The highest BCUT2D eigenvalue weighted by Gasteiger charge is 2.06. The number of nitrogens with two attached hydrogens (primary N) is 2. The van der Waals surface area contributed by atoms with Crippen molar-refractivity contribution in [1.29, 1.82) is 0 Å². The van der Waals surface area contributed by atoms with Crippen molar-refractivity contribution in [3.8, 4) is 0 Å². The van der Waals surface area contributed by atoms with Crippen LogP contribution in [0, 0.1) is 0 Å². The molecule has 4 nitrogen and oxygen atoms in total. The number of hydrogen-bond acceptors (Lipinski definition) is 2. The first-order valence-corrected chi connectivity index (χ1v) is 5.27. The van der Waals surface area contributed by atoms with Crippen molar-refractivity contribution in [2.24, 2.45) is 11.5 Å². The lowest BCUT2D eigenvalue weighted by atomic mass is 10.2. The quantitative estimate of drug-likeness (QED) is 0.801. The van der Waals surface area contributed by atoms with Gasteiger partial charge in [0.15, 0.2) is 0 Å². The van der Waals surface area contributed by atoms with Crippen LogP contribution in [0.5, 0.6) is 0 Å². The number of aryl methyl sites for hydroxylation is 1. The number of rotatable bonds is 4. The second-order valence-corrected chi connectivity index (χ2v) is 3.79. The minimum Gasteiger partial charge on any atom is -0.370 e. The summed E-state index contributed by atoms with van der Waals surface area (Å²) in [5.41, 5.74) is 13.0. The number of carbonyl (C=O) groups is 1. The Morgan fingerprint density at radius 2 is 2.06 bits per heavy atom. The van der Waals surface area contributed by atoms with Gasteiger partial charge in [-0.25, -0.2) is 0 Å². The summed E-state index contributed by atoms with van der Waals surface area (Å²) in [4.78, 5) is 10.8. The van der Waals surface area contributed by atoms with E-state index in [0.717, 1.165) is 16.5 Å². The molecule has 0 saturated heterocycles. The van der Waals surface area contributed by atoms with Crippen LogP contribution in [0.2, 0.25) is 0 Å². The first-order valence-electron chi connectivity index (χ1n) is 5.27. The largest absolute Gasteiger partial charge is 0.370 e. The molecule has 1 amide bonds. The summed E-state index contributed by atoms with van der Waals surface area (Å²) in [5, 5.41) is 1.15. The molecule has 1 aromatic heterocycles. The molecule has 1 aromatic carbocycles. The number of carbonyl (C=O) groups excluding carboxylic acids is 1. The van der Waals surface area contributed by atoms with Gasteiger partial charge in [-0.05, 0) is 11.6 Å². The van der Waals surface area contributed by atoms with Crippen molar-refractivity contribution in [3.63, 3.8) is 0 Å². The summed E-state index contributed by atoms with van der Waals surface area (Å²) >= 11 is 0. The monoisotopic (exact) mass is 217 g/mol. The van der Waals surface area contributed by atoms with Crippen molar-refractivity contribution in [3.05, 3.63) is 36.0 Å². The van der Waals surface area contributed by atoms with E-state index in [0.29, 0.717) is 19.5 Å². The van der Waals surface area contributed by atoms with E-state index in [9.17, 15) is 4.79 Å². The van der Waals surface area contributed by atoms with E-state index >= 15 is 0 Å².